The number of nitrogens with zero attached hydrogens (tertiary/aromatic N) is 3. The fraction of sp³-hybridized carbons (Fsp3) is 0.353. The highest BCUT2D eigenvalue weighted by atomic mass is 16.5. The summed E-state index contributed by atoms with van der Waals surface area (Å²) in [7, 11) is 0. The van der Waals surface area contributed by atoms with Crippen LogP contribution in [0.4, 0.5) is 11.8 Å². The lowest BCUT2D eigenvalue weighted by Crippen LogP contribution is -2.07. The van der Waals surface area contributed by atoms with E-state index in [1.807, 2.05) is 31.2 Å². The fourth-order valence-corrected chi connectivity index (χ4v) is 2.16. The van der Waals surface area contributed by atoms with Gasteiger partial charge in [-0.15, -0.1) is 0 Å². The van der Waals surface area contributed by atoms with Crippen LogP contribution in [-0.2, 0) is 0 Å². The molecule has 6 nitrogen and oxygen atoms in total. The molecule has 0 aliphatic heterocycles. The fourth-order valence-electron chi connectivity index (χ4n) is 2.16. The Hall–Kier alpha value is -2.81. The molecule has 0 fully saturated rings. The summed E-state index contributed by atoms with van der Waals surface area (Å²) in [6, 6.07) is 7.79. The maximum atomic E-state index is 9.37. The number of aromatic nitrogens is 2. The molecule has 0 amide bonds. The average Bonchev–Trinajstić information content (AvgIpc) is 2.47. The van der Waals surface area contributed by atoms with Crippen LogP contribution in [0.2, 0.25) is 0 Å². The van der Waals surface area contributed by atoms with Crippen LogP contribution < -0.4 is 16.2 Å². The Kier molecular flexibility index (Phi) is 5.02. The van der Waals surface area contributed by atoms with E-state index in [-0.39, 0.29) is 17.3 Å². The van der Waals surface area contributed by atoms with Crippen LogP contribution >= 0.6 is 0 Å². The standard InChI is InChI=1S/C17H21N5O/c1-10(2)6-7-23-14-5-4-11(3)8-12(14)15-13(9-18)16(19)22-17(20)21-15/h4-5,8,10H,6-7H2,1-3H3,(H4,19,20,21,22). The number of hydrogen-bond donors (Lipinski definition) is 2. The number of nitriles is 1. The molecule has 6 heteroatoms. The van der Waals surface area contributed by atoms with Crippen molar-refractivity contribution in [3.8, 4) is 23.1 Å². The van der Waals surface area contributed by atoms with Gasteiger partial charge in [-0.25, -0.2) is 4.98 Å². The third-order valence-corrected chi connectivity index (χ3v) is 3.41. The summed E-state index contributed by atoms with van der Waals surface area (Å²) in [4.78, 5) is 8.05. The van der Waals surface area contributed by atoms with Crippen LogP contribution in [0.1, 0.15) is 31.4 Å². The number of aryl methyl sites for hydroxylation is 1. The van der Waals surface area contributed by atoms with E-state index in [9.17, 15) is 5.26 Å². The zero-order chi connectivity index (χ0) is 17.0. The minimum absolute atomic E-state index is 0.0335. The van der Waals surface area contributed by atoms with Crippen molar-refractivity contribution in [1.82, 2.24) is 9.97 Å². The van der Waals surface area contributed by atoms with Gasteiger partial charge in [0, 0.05) is 5.56 Å². The summed E-state index contributed by atoms with van der Waals surface area (Å²) < 4.78 is 5.89. The second-order valence-electron chi connectivity index (χ2n) is 5.83. The van der Waals surface area contributed by atoms with Crippen molar-refractivity contribution in [1.29, 1.82) is 5.26 Å². The Morgan fingerprint density at radius 3 is 2.65 bits per heavy atom. The van der Waals surface area contributed by atoms with Gasteiger partial charge in [-0.05, 0) is 31.4 Å². The second kappa shape index (κ2) is 6.97. The Bertz CT molecular complexity index is 749. The lowest BCUT2D eigenvalue weighted by Gasteiger charge is -2.14. The molecule has 4 N–H and O–H groups in total. The summed E-state index contributed by atoms with van der Waals surface area (Å²) in [6.45, 7) is 6.82. The topological polar surface area (TPSA) is 111 Å². The second-order valence-corrected chi connectivity index (χ2v) is 5.83. The predicted octanol–water partition coefficient (Wildman–Crippen LogP) is 2.91. The van der Waals surface area contributed by atoms with Gasteiger partial charge in [0.15, 0.2) is 0 Å². The van der Waals surface area contributed by atoms with Crippen molar-refractivity contribution in [3.63, 3.8) is 0 Å². The molecule has 0 atom stereocenters. The molecule has 1 heterocycles. The van der Waals surface area contributed by atoms with E-state index in [0.29, 0.717) is 29.5 Å². The average molecular weight is 311 g/mol. The van der Waals surface area contributed by atoms with Crippen molar-refractivity contribution >= 4 is 11.8 Å². The minimum Gasteiger partial charge on any atom is -0.493 e. The van der Waals surface area contributed by atoms with Crippen molar-refractivity contribution in [2.24, 2.45) is 5.92 Å². The maximum absolute atomic E-state index is 9.37. The van der Waals surface area contributed by atoms with Crippen LogP contribution in [0.25, 0.3) is 11.3 Å². The van der Waals surface area contributed by atoms with Crippen LogP contribution in [0.3, 0.4) is 0 Å². The first-order valence-electron chi connectivity index (χ1n) is 7.49. The van der Waals surface area contributed by atoms with Gasteiger partial charge in [-0.2, -0.15) is 10.2 Å². The molecule has 2 aromatic rings. The molecule has 0 saturated heterocycles. The molecule has 0 aliphatic carbocycles. The molecule has 2 rings (SSSR count). The first-order chi connectivity index (χ1) is 10.9. The predicted molar refractivity (Wildman–Crippen MR) is 90.7 cm³/mol. The van der Waals surface area contributed by atoms with Gasteiger partial charge >= 0.3 is 0 Å². The molecule has 0 radical (unpaired) electrons. The SMILES string of the molecule is Cc1ccc(OCCC(C)C)c(-c2nc(N)nc(N)c2C#N)c1. The Morgan fingerprint density at radius 1 is 1.26 bits per heavy atom. The van der Waals surface area contributed by atoms with E-state index in [1.165, 1.54) is 0 Å². The highest BCUT2D eigenvalue weighted by Crippen LogP contribution is 2.34. The Labute approximate surface area is 136 Å². The third-order valence-electron chi connectivity index (χ3n) is 3.41. The molecule has 0 bridgehead atoms. The number of rotatable bonds is 5. The van der Waals surface area contributed by atoms with Gasteiger partial charge in [0.1, 0.15) is 23.2 Å². The highest BCUT2D eigenvalue weighted by Gasteiger charge is 2.17. The highest BCUT2D eigenvalue weighted by molar-refractivity contribution is 5.77. The normalized spacial score (nSPS) is 10.6. The van der Waals surface area contributed by atoms with Gasteiger partial charge in [0.25, 0.3) is 0 Å². The number of nitrogen functional groups attached to an aromatic ring is 2. The number of ether oxygens (including phenoxy) is 1. The summed E-state index contributed by atoms with van der Waals surface area (Å²) in [5, 5.41) is 9.37. The lowest BCUT2D eigenvalue weighted by atomic mass is 10.0. The first-order valence-corrected chi connectivity index (χ1v) is 7.49. The number of hydrogen-bond acceptors (Lipinski definition) is 6. The number of anilines is 2. The number of nitrogens with two attached hydrogens (primary N) is 2. The number of benzene rings is 1. The van der Waals surface area contributed by atoms with Crippen molar-refractivity contribution in [3.05, 3.63) is 29.3 Å². The zero-order valence-corrected chi connectivity index (χ0v) is 13.6. The monoisotopic (exact) mass is 311 g/mol. The smallest absolute Gasteiger partial charge is 0.222 e. The molecule has 1 aromatic heterocycles. The molecule has 0 unspecified atom stereocenters. The van der Waals surface area contributed by atoms with Gasteiger partial charge in [0.2, 0.25) is 5.95 Å². The van der Waals surface area contributed by atoms with Gasteiger partial charge in [-0.3, -0.25) is 0 Å². The quantitative estimate of drug-likeness (QED) is 0.878. The van der Waals surface area contributed by atoms with Crippen molar-refractivity contribution in [2.75, 3.05) is 18.1 Å². The van der Waals surface area contributed by atoms with E-state index in [1.54, 1.807) is 0 Å². The molecular formula is C17H21N5O. The Morgan fingerprint density at radius 2 is 2.00 bits per heavy atom. The largest absolute Gasteiger partial charge is 0.493 e. The van der Waals surface area contributed by atoms with E-state index >= 15 is 0 Å². The van der Waals surface area contributed by atoms with Gasteiger partial charge in [0.05, 0.1) is 12.3 Å². The molecule has 23 heavy (non-hydrogen) atoms. The summed E-state index contributed by atoms with van der Waals surface area (Å²) in [6.07, 6.45) is 0.937. The maximum Gasteiger partial charge on any atom is 0.222 e. The summed E-state index contributed by atoms with van der Waals surface area (Å²) in [5.74, 6) is 1.31. The molecule has 0 saturated carbocycles. The van der Waals surface area contributed by atoms with Crippen LogP contribution in [0.5, 0.6) is 5.75 Å². The van der Waals surface area contributed by atoms with Crippen LogP contribution in [0.15, 0.2) is 18.2 Å². The zero-order valence-electron chi connectivity index (χ0n) is 13.6. The van der Waals surface area contributed by atoms with Gasteiger partial charge < -0.3 is 16.2 Å². The first kappa shape index (κ1) is 16.6. The van der Waals surface area contributed by atoms with Crippen molar-refractivity contribution in [2.45, 2.75) is 27.2 Å². The lowest BCUT2D eigenvalue weighted by molar-refractivity contribution is 0.290. The Balaban J connectivity index is 2.50. The van der Waals surface area contributed by atoms with E-state index in [4.69, 9.17) is 16.2 Å². The van der Waals surface area contributed by atoms with E-state index in [2.05, 4.69) is 23.8 Å². The summed E-state index contributed by atoms with van der Waals surface area (Å²) in [5.41, 5.74) is 13.8. The summed E-state index contributed by atoms with van der Waals surface area (Å²) >= 11 is 0. The van der Waals surface area contributed by atoms with Crippen LogP contribution in [-0.4, -0.2) is 16.6 Å². The molecule has 0 aliphatic rings. The molecule has 120 valence electrons. The van der Waals surface area contributed by atoms with Crippen molar-refractivity contribution < 1.29 is 4.74 Å². The van der Waals surface area contributed by atoms with Gasteiger partial charge in [-0.1, -0.05) is 25.5 Å². The molecule has 0 spiro atoms. The van der Waals surface area contributed by atoms with E-state index in [0.717, 1.165) is 12.0 Å². The van der Waals surface area contributed by atoms with E-state index < -0.39 is 0 Å². The molecule has 1 aromatic carbocycles. The minimum atomic E-state index is 0.0335. The van der Waals surface area contributed by atoms with Crippen LogP contribution in [0, 0.1) is 24.2 Å². The molecular weight excluding hydrogens is 290 g/mol. The third kappa shape index (κ3) is 3.89.